The summed E-state index contributed by atoms with van der Waals surface area (Å²) in [5, 5.41) is 3.96. The van der Waals surface area contributed by atoms with Crippen molar-refractivity contribution in [1.82, 2.24) is 15.0 Å². The minimum Gasteiger partial charge on any atom is -0.490 e. The molecule has 1 aliphatic rings. The van der Waals surface area contributed by atoms with Crippen LogP contribution in [0.4, 0.5) is 4.39 Å². The molecule has 0 aliphatic carbocycles. The number of rotatable bonds is 9. The number of hydrogen-bond donors (Lipinski definition) is 0. The van der Waals surface area contributed by atoms with Crippen molar-refractivity contribution in [1.29, 1.82) is 0 Å². The Bertz CT molecular complexity index is 1080. The minimum absolute atomic E-state index is 0.0523. The van der Waals surface area contributed by atoms with Gasteiger partial charge in [-0.3, -0.25) is 4.79 Å². The lowest BCUT2D eigenvalue weighted by Crippen LogP contribution is -2.27. The van der Waals surface area contributed by atoms with Crippen LogP contribution in [0.1, 0.15) is 37.6 Å². The molecule has 1 unspecified atom stereocenters. The monoisotopic (exact) mass is 439 g/mol. The van der Waals surface area contributed by atoms with E-state index < -0.39 is 0 Å². The molecular formula is C24H26FN3O4. The Hall–Kier alpha value is -3.42. The van der Waals surface area contributed by atoms with Gasteiger partial charge in [-0.15, -0.1) is 0 Å². The highest BCUT2D eigenvalue weighted by molar-refractivity contribution is 5.79. The summed E-state index contributed by atoms with van der Waals surface area (Å²) in [5.74, 6) is 1.68. The van der Waals surface area contributed by atoms with Gasteiger partial charge < -0.3 is 18.9 Å². The van der Waals surface area contributed by atoms with Crippen LogP contribution in [0.3, 0.4) is 0 Å². The number of carbonyl (C=O) groups is 1. The Labute approximate surface area is 186 Å². The molecule has 7 nitrogen and oxygen atoms in total. The highest BCUT2D eigenvalue weighted by Gasteiger charge is 2.34. The number of likely N-dealkylation sites (tertiary alicyclic amines) is 1. The van der Waals surface area contributed by atoms with Crippen molar-refractivity contribution in [3.63, 3.8) is 0 Å². The zero-order valence-electron chi connectivity index (χ0n) is 18.2. The predicted molar refractivity (Wildman–Crippen MR) is 116 cm³/mol. The van der Waals surface area contributed by atoms with E-state index in [1.54, 1.807) is 12.1 Å². The number of benzene rings is 2. The molecule has 0 spiro atoms. The Kier molecular flexibility index (Phi) is 6.68. The molecule has 1 saturated heterocycles. The molecule has 1 amide bonds. The lowest BCUT2D eigenvalue weighted by Gasteiger charge is -2.17. The number of halogens is 1. The van der Waals surface area contributed by atoms with Gasteiger partial charge >= 0.3 is 0 Å². The van der Waals surface area contributed by atoms with Crippen molar-refractivity contribution in [2.24, 2.45) is 0 Å². The van der Waals surface area contributed by atoms with E-state index in [9.17, 15) is 9.18 Å². The quantitative estimate of drug-likeness (QED) is 0.497. The van der Waals surface area contributed by atoms with Crippen LogP contribution in [0.2, 0.25) is 0 Å². The highest BCUT2D eigenvalue weighted by atomic mass is 19.1. The van der Waals surface area contributed by atoms with E-state index in [4.69, 9.17) is 14.0 Å². The van der Waals surface area contributed by atoms with Gasteiger partial charge in [-0.2, -0.15) is 4.98 Å². The molecule has 32 heavy (non-hydrogen) atoms. The Balaban J connectivity index is 1.39. The lowest BCUT2D eigenvalue weighted by atomic mass is 10.1. The first-order valence-corrected chi connectivity index (χ1v) is 10.8. The second-order valence-electron chi connectivity index (χ2n) is 7.60. The van der Waals surface area contributed by atoms with E-state index in [2.05, 4.69) is 10.1 Å². The Morgan fingerprint density at radius 1 is 1.12 bits per heavy atom. The SMILES string of the molecule is CCOc1ccc(CCN2CC(c3nc(-c4cccc(F)c4)no3)CC2=O)cc1OCC. The van der Waals surface area contributed by atoms with E-state index in [0.29, 0.717) is 62.2 Å². The highest BCUT2D eigenvalue weighted by Crippen LogP contribution is 2.31. The molecule has 0 saturated carbocycles. The van der Waals surface area contributed by atoms with E-state index in [1.807, 2.05) is 36.9 Å². The Morgan fingerprint density at radius 2 is 1.94 bits per heavy atom. The molecule has 1 atom stereocenters. The van der Waals surface area contributed by atoms with Crippen LogP contribution in [-0.4, -0.2) is 47.3 Å². The fourth-order valence-corrected chi connectivity index (χ4v) is 3.81. The number of nitrogens with zero attached hydrogens (tertiary/aromatic N) is 3. The second kappa shape index (κ2) is 9.80. The van der Waals surface area contributed by atoms with Crippen LogP contribution in [-0.2, 0) is 11.2 Å². The first-order valence-electron chi connectivity index (χ1n) is 10.8. The zero-order chi connectivity index (χ0) is 22.5. The molecule has 1 aliphatic heterocycles. The number of hydrogen-bond acceptors (Lipinski definition) is 6. The smallest absolute Gasteiger partial charge is 0.232 e. The number of amides is 1. The maximum absolute atomic E-state index is 13.5. The summed E-state index contributed by atoms with van der Waals surface area (Å²) in [5.41, 5.74) is 1.61. The molecular weight excluding hydrogens is 413 g/mol. The zero-order valence-corrected chi connectivity index (χ0v) is 18.2. The third-order valence-corrected chi connectivity index (χ3v) is 5.37. The Morgan fingerprint density at radius 3 is 2.72 bits per heavy atom. The van der Waals surface area contributed by atoms with Crippen molar-refractivity contribution in [3.05, 3.63) is 59.7 Å². The average molecular weight is 439 g/mol. The summed E-state index contributed by atoms with van der Waals surface area (Å²) in [6.07, 6.45) is 1.02. The molecule has 0 N–H and O–H groups in total. The summed E-state index contributed by atoms with van der Waals surface area (Å²) >= 11 is 0. The van der Waals surface area contributed by atoms with Gasteiger partial charge in [0.1, 0.15) is 5.82 Å². The van der Waals surface area contributed by atoms with Crippen molar-refractivity contribution >= 4 is 5.91 Å². The van der Waals surface area contributed by atoms with Gasteiger partial charge in [0.15, 0.2) is 11.5 Å². The molecule has 0 bridgehead atoms. The van der Waals surface area contributed by atoms with Crippen LogP contribution in [0.15, 0.2) is 47.0 Å². The molecule has 2 heterocycles. The van der Waals surface area contributed by atoms with Crippen LogP contribution >= 0.6 is 0 Å². The molecule has 4 rings (SSSR count). The van der Waals surface area contributed by atoms with E-state index >= 15 is 0 Å². The van der Waals surface area contributed by atoms with Gasteiger partial charge in [0.2, 0.25) is 17.6 Å². The number of ether oxygens (including phenoxy) is 2. The fraction of sp³-hybridized carbons (Fsp3) is 0.375. The van der Waals surface area contributed by atoms with Gasteiger partial charge in [0.25, 0.3) is 0 Å². The summed E-state index contributed by atoms with van der Waals surface area (Å²) < 4.78 is 30.1. The predicted octanol–water partition coefficient (Wildman–Crippen LogP) is 4.23. The van der Waals surface area contributed by atoms with Crippen LogP contribution in [0, 0.1) is 5.82 Å². The topological polar surface area (TPSA) is 77.7 Å². The van der Waals surface area contributed by atoms with Crippen LogP contribution < -0.4 is 9.47 Å². The molecule has 3 aromatic rings. The van der Waals surface area contributed by atoms with Gasteiger partial charge in [-0.1, -0.05) is 23.4 Å². The van der Waals surface area contributed by atoms with E-state index in [0.717, 1.165) is 11.3 Å². The van der Waals surface area contributed by atoms with Gasteiger partial charge in [0.05, 0.1) is 19.1 Å². The maximum atomic E-state index is 13.5. The third-order valence-electron chi connectivity index (χ3n) is 5.37. The van der Waals surface area contributed by atoms with Crippen LogP contribution in [0.5, 0.6) is 11.5 Å². The lowest BCUT2D eigenvalue weighted by molar-refractivity contribution is -0.127. The molecule has 168 valence electrons. The summed E-state index contributed by atoms with van der Waals surface area (Å²) in [7, 11) is 0. The third kappa shape index (κ3) is 4.90. The van der Waals surface area contributed by atoms with E-state index in [1.165, 1.54) is 12.1 Å². The van der Waals surface area contributed by atoms with Crippen LogP contribution in [0.25, 0.3) is 11.4 Å². The summed E-state index contributed by atoms with van der Waals surface area (Å²) in [6, 6.07) is 11.9. The molecule has 1 aromatic heterocycles. The second-order valence-corrected chi connectivity index (χ2v) is 7.60. The van der Waals surface area contributed by atoms with Gasteiger partial charge in [0, 0.05) is 25.1 Å². The average Bonchev–Trinajstić information content (AvgIpc) is 3.41. The fourth-order valence-electron chi connectivity index (χ4n) is 3.81. The minimum atomic E-state index is -0.363. The maximum Gasteiger partial charge on any atom is 0.232 e. The number of aromatic nitrogens is 2. The summed E-state index contributed by atoms with van der Waals surface area (Å²) in [6.45, 7) is 6.09. The molecule has 8 heteroatoms. The van der Waals surface area contributed by atoms with Gasteiger partial charge in [-0.25, -0.2) is 4.39 Å². The first kappa shape index (κ1) is 21.8. The van der Waals surface area contributed by atoms with Crippen molar-refractivity contribution in [2.45, 2.75) is 32.6 Å². The standard InChI is InChI=1S/C24H26FN3O4/c1-3-30-20-9-8-16(12-21(20)31-4-2)10-11-28-15-18(14-22(28)29)24-26-23(27-32-24)17-6-5-7-19(25)13-17/h5-9,12-13,18H,3-4,10-11,14-15H2,1-2H3. The molecule has 0 radical (unpaired) electrons. The van der Waals surface area contributed by atoms with E-state index in [-0.39, 0.29) is 17.6 Å². The number of carbonyl (C=O) groups excluding carboxylic acids is 1. The first-order chi connectivity index (χ1) is 15.6. The van der Waals surface area contributed by atoms with Crippen molar-refractivity contribution in [2.75, 3.05) is 26.3 Å². The molecule has 2 aromatic carbocycles. The van der Waals surface area contributed by atoms with Gasteiger partial charge in [-0.05, 0) is 50.1 Å². The largest absolute Gasteiger partial charge is 0.490 e. The van der Waals surface area contributed by atoms with Crippen molar-refractivity contribution in [3.8, 4) is 22.9 Å². The molecule has 1 fully saturated rings. The summed E-state index contributed by atoms with van der Waals surface area (Å²) in [4.78, 5) is 18.8. The normalized spacial score (nSPS) is 15.9. The van der Waals surface area contributed by atoms with Crippen molar-refractivity contribution < 1.29 is 23.2 Å².